The Balaban J connectivity index is 2.13. The van der Waals surface area contributed by atoms with Crippen LogP contribution in [0.4, 0.5) is 0 Å². The van der Waals surface area contributed by atoms with Crippen LogP contribution in [0.15, 0.2) is 22.7 Å². The third-order valence-corrected chi connectivity index (χ3v) is 3.85. The third kappa shape index (κ3) is 2.45. The molecule has 0 saturated carbocycles. The van der Waals surface area contributed by atoms with Gasteiger partial charge in [-0.1, -0.05) is 11.2 Å². The van der Waals surface area contributed by atoms with Crippen molar-refractivity contribution in [2.45, 2.75) is 33.7 Å². The number of rotatable bonds is 4. The largest absolute Gasteiger partial charge is 0.361 e. The summed E-state index contributed by atoms with van der Waals surface area (Å²) >= 11 is 0. The predicted molar refractivity (Wildman–Crippen MR) is 82.3 cm³/mol. The normalized spacial score (nSPS) is 11.4. The van der Waals surface area contributed by atoms with Crippen LogP contribution in [0.3, 0.4) is 0 Å². The number of aryl methyl sites for hydroxylation is 3. The minimum absolute atomic E-state index is 0.587. The highest BCUT2D eigenvalue weighted by molar-refractivity contribution is 5.77. The molecule has 0 saturated heterocycles. The molecule has 5 nitrogen and oxygen atoms in total. The van der Waals surface area contributed by atoms with Crippen LogP contribution < -0.4 is 5.73 Å². The molecular weight excluding hydrogens is 264 g/mol. The maximum Gasteiger partial charge on any atom is 0.138 e. The van der Waals surface area contributed by atoms with E-state index in [2.05, 4.69) is 34.8 Å². The molecule has 21 heavy (non-hydrogen) atoms. The first-order valence-corrected chi connectivity index (χ1v) is 7.17. The van der Waals surface area contributed by atoms with Crippen molar-refractivity contribution >= 4 is 11.0 Å². The van der Waals surface area contributed by atoms with Crippen LogP contribution in [0, 0.1) is 20.8 Å². The summed E-state index contributed by atoms with van der Waals surface area (Å²) in [5.41, 5.74) is 11.1. The lowest BCUT2D eigenvalue weighted by Crippen LogP contribution is -2.11. The predicted octanol–water partition coefficient (Wildman–Crippen LogP) is 2.50. The minimum atomic E-state index is 0.587. The highest BCUT2D eigenvalue weighted by Gasteiger charge is 2.15. The zero-order valence-electron chi connectivity index (χ0n) is 12.7. The van der Waals surface area contributed by atoms with Gasteiger partial charge in [-0.3, -0.25) is 0 Å². The van der Waals surface area contributed by atoms with E-state index in [9.17, 15) is 0 Å². The summed E-state index contributed by atoms with van der Waals surface area (Å²) in [6.45, 7) is 7.30. The van der Waals surface area contributed by atoms with Crippen molar-refractivity contribution in [3.8, 4) is 0 Å². The average Bonchev–Trinajstić information content (AvgIpc) is 2.94. The molecule has 0 bridgehead atoms. The van der Waals surface area contributed by atoms with Gasteiger partial charge in [0.2, 0.25) is 0 Å². The molecule has 0 unspecified atom stereocenters. The molecule has 5 heteroatoms. The lowest BCUT2D eigenvalue weighted by atomic mass is 10.2. The highest BCUT2D eigenvalue weighted by Crippen LogP contribution is 2.22. The molecule has 0 fully saturated rings. The van der Waals surface area contributed by atoms with Crippen LogP contribution in [-0.4, -0.2) is 21.3 Å². The fraction of sp³-hybridized carbons (Fsp3) is 0.375. The first-order valence-electron chi connectivity index (χ1n) is 7.17. The van der Waals surface area contributed by atoms with Crippen LogP contribution >= 0.6 is 0 Å². The number of fused-ring (bicyclic) bond motifs is 1. The minimum Gasteiger partial charge on any atom is -0.361 e. The molecule has 0 spiro atoms. The van der Waals surface area contributed by atoms with Crippen molar-refractivity contribution in [3.63, 3.8) is 0 Å². The Morgan fingerprint density at radius 1 is 1.24 bits per heavy atom. The number of nitrogens with two attached hydrogens (primary N) is 1. The van der Waals surface area contributed by atoms with Gasteiger partial charge < -0.3 is 14.8 Å². The SMILES string of the molecule is Cc1ccc2c(c1)nc(CCN)n2Cc1c(C)noc1C. The highest BCUT2D eigenvalue weighted by atomic mass is 16.5. The zero-order valence-corrected chi connectivity index (χ0v) is 12.7. The Morgan fingerprint density at radius 2 is 2.05 bits per heavy atom. The van der Waals surface area contributed by atoms with E-state index in [0.717, 1.165) is 46.8 Å². The summed E-state index contributed by atoms with van der Waals surface area (Å²) in [5, 5.41) is 4.03. The Labute approximate surface area is 123 Å². The Kier molecular flexibility index (Phi) is 3.51. The van der Waals surface area contributed by atoms with E-state index in [-0.39, 0.29) is 0 Å². The molecule has 0 aliphatic heterocycles. The molecule has 1 aromatic carbocycles. The van der Waals surface area contributed by atoms with Crippen molar-refractivity contribution < 1.29 is 4.52 Å². The number of hydrogen-bond donors (Lipinski definition) is 1. The molecule has 3 aromatic rings. The van der Waals surface area contributed by atoms with E-state index in [1.807, 2.05) is 13.8 Å². The van der Waals surface area contributed by atoms with E-state index in [1.165, 1.54) is 5.56 Å². The molecule has 0 aliphatic rings. The summed E-state index contributed by atoms with van der Waals surface area (Å²) in [6, 6.07) is 6.34. The van der Waals surface area contributed by atoms with Crippen LogP contribution in [0.2, 0.25) is 0 Å². The van der Waals surface area contributed by atoms with Gasteiger partial charge in [0.05, 0.1) is 23.3 Å². The van der Waals surface area contributed by atoms with Gasteiger partial charge in [-0.15, -0.1) is 0 Å². The second-order valence-electron chi connectivity index (χ2n) is 5.45. The number of benzene rings is 1. The van der Waals surface area contributed by atoms with Crippen molar-refractivity contribution in [2.75, 3.05) is 6.54 Å². The second-order valence-corrected chi connectivity index (χ2v) is 5.45. The lowest BCUT2D eigenvalue weighted by Gasteiger charge is -2.08. The van der Waals surface area contributed by atoms with E-state index in [4.69, 9.17) is 15.2 Å². The summed E-state index contributed by atoms with van der Waals surface area (Å²) in [7, 11) is 0. The smallest absolute Gasteiger partial charge is 0.138 e. The average molecular weight is 284 g/mol. The van der Waals surface area contributed by atoms with Gasteiger partial charge in [0.15, 0.2) is 0 Å². The van der Waals surface area contributed by atoms with E-state index in [0.29, 0.717) is 6.54 Å². The fourth-order valence-electron chi connectivity index (χ4n) is 2.67. The molecule has 0 radical (unpaired) electrons. The molecular formula is C16H20N4O. The van der Waals surface area contributed by atoms with Gasteiger partial charge in [-0.05, 0) is 45.0 Å². The van der Waals surface area contributed by atoms with Gasteiger partial charge in [-0.2, -0.15) is 0 Å². The van der Waals surface area contributed by atoms with Gasteiger partial charge >= 0.3 is 0 Å². The molecule has 2 aromatic heterocycles. The zero-order chi connectivity index (χ0) is 15.0. The number of aromatic nitrogens is 3. The van der Waals surface area contributed by atoms with Gasteiger partial charge in [0.25, 0.3) is 0 Å². The maximum atomic E-state index is 5.73. The summed E-state index contributed by atoms with van der Waals surface area (Å²) in [4.78, 5) is 4.74. The van der Waals surface area contributed by atoms with Crippen LogP contribution in [0.1, 0.15) is 28.4 Å². The van der Waals surface area contributed by atoms with Gasteiger partial charge in [-0.25, -0.2) is 4.98 Å². The molecule has 2 heterocycles. The van der Waals surface area contributed by atoms with Crippen LogP contribution in [0.5, 0.6) is 0 Å². The maximum absolute atomic E-state index is 5.73. The summed E-state index contributed by atoms with van der Waals surface area (Å²) < 4.78 is 7.48. The molecule has 0 aliphatic carbocycles. The topological polar surface area (TPSA) is 69.9 Å². The van der Waals surface area contributed by atoms with E-state index >= 15 is 0 Å². The van der Waals surface area contributed by atoms with Crippen LogP contribution in [0.25, 0.3) is 11.0 Å². The standard InChI is InChI=1S/C16H20N4O/c1-10-4-5-15-14(8-10)18-16(6-7-17)20(15)9-13-11(2)19-21-12(13)3/h4-5,8H,6-7,9,17H2,1-3H3. The molecule has 3 rings (SSSR count). The summed E-state index contributed by atoms with van der Waals surface area (Å²) in [6.07, 6.45) is 0.761. The van der Waals surface area contributed by atoms with Crippen molar-refractivity contribution in [1.29, 1.82) is 0 Å². The molecule has 0 atom stereocenters. The number of imidazole rings is 1. The Morgan fingerprint density at radius 3 is 2.71 bits per heavy atom. The van der Waals surface area contributed by atoms with Gasteiger partial charge in [0, 0.05) is 12.0 Å². The van der Waals surface area contributed by atoms with Gasteiger partial charge in [0.1, 0.15) is 11.6 Å². The third-order valence-electron chi connectivity index (χ3n) is 3.85. The molecule has 2 N–H and O–H groups in total. The quantitative estimate of drug-likeness (QED) is 0.799. The van der Waals surface area contributed by atoms with Crippen molar-refractivity contribution in [1.82, 2.24) is 14.7 Å². The first kappa shape index (κ1) is 13.8. The first-order chi connectivity index (χ1) is 10.1. The van der Waals surface area contributed by atoms with Crippen LogP contribution in [-0.2, 0) is 13.0 Å². The van der Waals surface area contributed by atoms with E-state index in [1.54, 1.807) is 0 Å². The van der Waals surface area contributed by atoms with E-state index < -0.39 is 0 Å². The Hall–Kier alpha value is -2.14. The number of hydrogen-bond acceptors (Lipinski definition) is 4. The summed E-state index contributed by atoms with van der Waals surface area (Å²) in [5.74, 6) is 1.87. The van der Waals surface area contributed by atoms with Crippen molar-refractivity contribution in [2.24, 2.45) is 5.73 Å². The monoisotopic (exact) mass is 284 g/mol. The second kappa shape index (κ2) is 5.33. The number of nitrogens with zero attached hydrogens (tertiary/aromatic N) is 3. The fourth-order valence-corrected chi connectivity index (χ4v) is 2.67. The molecule has 0 amide bonds. The lowest BCUT2D eigenvalue weighted by molar-refractivity contribution is 0.392. The molecule has 110 valence electrons. The Bertz CT molecular complexity index is 766. The van der Waals surface area contributed by atoms with Crippen molar-refractivity contribution in [3.05, 3.63) is 46.6 Å².